The molecule has 0 saturated heterocycles. The van der Waals surface area contributed by atoms with E-state index in [0.29, 0.717) is 17.7 Å². The van der Waals surface area contributed by atoms with Crippen LogP contribution in [0.5, 0.6) is 0 Å². The predicted molar refractivity (Wildman–Crippen MR) is 110 cm³/mol. The maximum absolute atomic E-state index is 12.6. The molecule has 0 fully saturated rings. The molecular weight excluding hydrogens is 400 g/mol. The van der Waals surface area contributed by atoms with Crippen molar-refractivity contribution in [1.82, 2.24) is 5.32 Å². The number of halogens is 1. The molecule has 0 bridgehead atoms. The fourth-order valence-electron chi connectivity index (χ4n) is 3.50. The van der Waals surface area contributed by atoms with Gasteiger partial charge in [-0.1, -0.05) is 36.4 Å². The molecule has 0 saturated carbocycles. The second kappa shape index (κ2) is 9.15. The molecule has 1 aliphatic rings. The number of rotatable bonds is 6. The maximum atomic E-state index is 12.6. The molecule has 2 aromatic rings. The van der Waals surface area contributed by atoms with Gasteiger partial charge in [0.25, 0.3) is 0 Å². The lowest BCUT2D eigenvalue weighted by Crippen LogP contribution is -2.34. The highest BCUT2D eigenvalue weighted by molar-refractivity contribution is 7.89. The number of carbonyl (C=O) groups is 1. The number of aryl methyl sites for hydroxylation is 2. The Balaban J connectivity index is 0.00000280. The summed E-state index contributed by atoms with van der Waals surface area (Å²) in [5.41, 5.74) is 2.88. The third-order valence-corrected chi connectivity index (χ3v) is 6.10. The van der Waals surface area contributed by atoms with Gasteiger partial charge in [0.05, 0.1) is 11.0 Å². The van der Waals surface area contributed by atoms with E-state index in [2.05, 4.69) is 5.32 Å². The van der Waals surface area contributed by atoms with Crippen molar-refractivity contribution < 1.29 is 18.3 Å². The second-order valence-electron chi connectivity index (χ2n) is 7.00. The van der Waals surface area contributed by atoms with E-state index >= 15 is 0 Å². The minimum absolute atomic E-state index is 0. The molecule has 4 N–H and O–H groups in total. The van der Waals surface area contributed by atoms with E-state index in [4.69, 9.17) is 5.14 Å². The number of carbonyl (C=O) groups excluding carboxylic acids is 1. The lowest BCUT2D eigenvalue weighted by molar-refractivity contribution is 0.0895. The van der Waals surface area contributed by atoms with Crippen LogP contribution >= 0.6 is 12.4 Å². The first-order valence-electron chi connectivity index (χ1n) is 8.91. The number of hydrogen-bond donors (Lipinski definition) is 3. The van der Waals surface area contributed by atoms with Gasteiger partial charge in [0.1, 0.15) is 0 Å². The standard InChI is InChI=1S/C20H24N2O4S.ClH/c1-13-6-7-15(10-19(13)27(21,25)26)18(23)12-22-11-16-9-8-14-4-2-3-5-17(14)20(16)24;/h2-7,10,16,18,22-23H,8-9,11-12H2,1H3,(H2,21,25,26);1H/t16?,18-;/m0./s1. The Morgan fingerprint density at radius 2 is 1.96 bits per heavy atom. The van der Waals surface area contributed by atoms with Gasteiger partial charge in [-0.2, -0.15) is 0 Å². The summed E-state index contributed by atoms with van der Waals surface area (Å²) in [5, 5.41) is 18.7. The van der Waals surface area contributed by atoms with E-state index in [1.165, 1.54) is 6.07 Å². The Hall–Kier alpha value is -1.77. The SMILES string of the molecule is Cc1ccc([C@@H](O)CNCC2CCc3ccccc3C2=O)cc1S(N)(=O)=O.Cl. The van der Waals surface area contributed by atoms with Gasteiger partial charge in [-0.15, -0.1) is 12.4 Å². The predicted octanol–water partition coefficient (Wildman–Crippen LogP) is 2.13. The first kappa shape index (κ1) is 22.5. The third kappa shape index (κ3) is 4.98. The highest BCUT2D eigenvalue weighted by Gasteiger charge is 2.26. The number of aliphatic hydroxyl groups is 1. The maximum Gasteiger partial charge on any atom is 0.238 e. The van der Waals surface area contributed by atoms with E-state index in [-0.39, 0.29) is 35.5 Å². The first-order valence-corrected chi connectivity index (χ1v) is 10.5. The summed E-state index contributed by atoms with van der Waals surface area (Å²) in [5.74, 6) is 0.00999. The van der Waals surface area contributed by atoms with E-state index in [9.17, 15) is 18.3 Å². The molecule has 0 amide bonds. The minimum atomic E-state index is -3.84. The number of primary sulfonamides is 1. The van der Waals surface area contributed by atoms with Gasteiger partial charge in [-0.25, -0.2) is 13.6 Å². The van der Waals surface area contributed by atoms with E-state index < -0.39 is 16.1 Å². The van der Waals surface area contributed by atoms with Crippen molar-refractivity contribution in [1.29, 1.82) is 0 Å². The van der Waals surface area contributed by atoms with Crippen molar-refractivity contribution >= 4 is 28.2 Å². The number of benzene rings is 2. The van der Waals surface area contributed by atoms with Crippen LogP contribution in [0.3, 0.4) is 0 Å². The van der Waals surface area contributed by atoms with Gasteiger partial charge < -0.3 is 10.4 Å². The number of aliphatic hydroxyl groups excluding tert-OH is 1. The lowest BCUT2D eigenvalue weighted by Gasteiger charge is -2.24. The molecule has 0 aliphatic heterocycles. The van der Waals surface area contributed by atoms with E-state index in [1.54, 1.807) is 19.1 Å². The van der Waals surface area contributed by atoms with Crippen LogP contribution in [-0.4, -0.2) is 32.4 Å². The Kier molecular flexibility index (Phi) is 7.36. The van der Waals surface area contributed by atoms with Crippen molar-refractivity contribution in [2.75, 3.05) is 13.1 Å². The van der Waals surface area contributed by atoms with Crippen molar-refractivity contribution in [3.63, 3.8) is 0 Å². The molecule has 0 spiro atoms. The zero-order chi connectivity index (χ0) is 19.6. The summed E-state index contributed by atoms with van der Waals surface area (Å²) >= 11 is 0. The normalized spacial score (nSPS) is 17.5. The number of nitrogens with two attached hydrogens (primary N) is 1. The minimum Gasteiger partial charge on any atom is -0.387 e. The first-order chi connectivity index (χ1) is 12.8. The third-order valence-electron chi connectivity index (χ3n) is 5.05. The van der Waals surface area contributed by atoms with Gasteiger partial charge in [0.15, 0.2) is 5.78 Å². The van der Waals surface area contributed by atoms with Crippen LogP contribution in [0.4, 0.5) is 0 Å². The fraction of sp³-hybridized carbons (Fsp3) is 0.350. The van der Waals surface area contributed by atoms with Crippen molar-refractivity contribution in [2.45, 2.75) is 30.8 Å². The largest absolute Gasteiger partial charge is 0.387 e. The summed E-state index contributed by atoms with van der Waals surface area (Å²) in [6.07, 6.45) is 0.753. The molecule has 6 nitrogen and oxygen atoms in total. The van der Waals surface area contributed by atoms with Crippen LogP contribution in [0.25, 0.3) is 0 Å². The molecule has 0 radical (unpaired) electrons. The molecule has 152 valence electrons. The van der Waals surface area contributed by atoms with E-state index in [0.717, 1.165) is 24.0 Å². The van der Waals surface area contributed by atoms with Gasteiger partial charge in [0.2, 0.25) is 10.0 Å². The molecular formula is C20H25ClN2O4S. The summed E-state index contributed by atoms with van der Waals surface area (Å²) in [4.78, 5) is 12.6. The highest BCUT2D eigenvalue weighted by Crippen LogP contribution is 2.25. The molecule has 2 atom stereocenters. The quantitative estimate of drug-likeness (QED) is 0.658. The lowest BCUT2D eigenvalue weighted by atomic mass is 9.83. The average molecular weight is 425 g/mol. The number of nitrogens with one attached hydrogen (secondary N) is 1. The van der Waals surface area contributed by atoms with Gasteiger partial charge in [-0.3, -0.25) is 4.79 Å². The number of fused-ring (bicyclic) bond motifs is 1. The molecule has 1 aliphatic carbocycles. The molecule has 2 aromatic carbocycles. The summed E-state index contributed by atoms with van der Waals surface area (Å²) in [6, 6.07) is 12.4. The Labute approximate surface area is 171 Å². The van der Waals surface area contributed by atoms with Crippen LogP contribution in [0.15, 0.2) is 47.4 Å². The topological polar surface area (TPSA) is 109 Å². The van der Waals surface area contributed by atoms with Crippen LogP contribution in [0, 0.1) is 12.8 Å². The molecule has 28 heavy (non-hydrogen) atoms. The van der Waals surface area contributed by atoms with Crippen molar-refractivity contribution in [3.05, 3.63) is 64.7 Å². The van der Waals surface area contributed by atoms with Crippen LogP contribution in [0.1, 0.15) is 39.6 Å². The smallest absolute Gasteiger partial charge is 0.238 e. The zero-order valence-corrected chi connectivity index (χ0v) is 17.2. The average Bonchev–Trinajstić information content (AvgIpc) is 2.63. The number of ketones is 1. The van der Waals surface area contributed by atoms with Crippen LogP contribution in [-0.2, 0) is 16.4 Å². The highest BCUT2D eigenvalue weighted by atomic mass is 35.5. The zero-order valence-electron chi connectivity index (χ0n) is 15.6. The number of sulfonamides is 1. The van der Waals surface area contributed by atoms with Crippen LogP contribution < -0.4 is 10.5 Å². The Morgan fingerprint density at radius 1 is 1.25 bits per heavy atom. The Bertz CT molecular complexity index is 962. The Morgan fingerprint density at radius 3 is 2.68 bits per heavy atom. The van der Waals surface area contributed by atoms with Crippen molar-refractivity contribution in [3.8, 4) is 0 Å². The molecule has 1 unspecified atom stereocenters. The molecule has 8 heteroatoms. The van der Waals surface area contributed by atoms with Gasteiger partial charge >= 0.3 is 0 Å². The van der Waals surface area contributed by atoms with E-state index in [1.807, 2.05) is 24.3 Å². The summed E-state index contributed by atoms with van der Waals surface area (Å²) < 4.78 is 23.3. The van der Waals surface area contributed by atoms with Crippen LogP contribution in [0.2, 0.25) is 0 Å². The summed E-state index contributed by atoms with van der Waals surface area (Å²) in [7, 11) is -3.84. The van der Waals surface area contributed by atoms with Gasteiger partial charge in [-0.05, 0) is 42.5 Å². The fourth-order valence-corrected chi connectivity index (χ4v) is 4.31. The van der Waals surface area contributed by atoms with Crippen molar-refractivity contribution in [2.24, 2.45) is 11.1 Å². The second-order valence-corrected chi connectivity index (χ2v) is 8.53. The van der Waals surface area contributed by atoms with Gasteiger partial charge in [0, 0.05) is 24.6 Å². The monoisotopic (exact) mass is 424 g/mol. The molecule has 0 aromatic heterocycles. The number of Topliss-reactive ketones (excluding diaryl/α,β-unsaturated/α-hetero) is 1. The molecule has 3 rings (SSSR count). The summed E-state index contributed by atoms with van der Waals surface area (Å²) in [6.45, 7) is 2.34. The number of hydrogen-bond acceptors (Lipinski definition) is 5. The molecule has 0 heterocycles.